The van der Waals surface area contributed by atoms with Gasteiger partial charge in [0.1, 0.15) is 18.5 Å². The summed E-state index contributed by atoms with van der Waals surface area (Å²) >= 11 is 0. The maximum atomic E-state index is 12.0. The first-order chi connectivity index (χ1) is 10.2. The Hall–Kier alpha value is -2.29. The van der Waals surface area contributed by atoms with E-state index in [1.54, 1.807) is 0 Å². The van der Waals surface area contributed by atoms with E-state index in [1.807, 2.05) is 0 Å². The fourth-order valence-electron chi connectivity index (χ4n) is 1.70. The minimum Gasteiger partial charge on any atom is -0.482 e. The Morgan fingerprint density at radius 3 is 2.91 bits per heavy atom. The maximum Gasteiger partial charge on any atom is 0.411 e. The second-order valence-electron chi connectivity index (χ2n) is 4.61. The minimum atomic E-state index is -4.50. The van der Waals surface area contributed by atoms with Gasteiger partial charge >= 0.3 is 6.18 Å². The third-order valence-electron chi connectivity index (χ3n) is 2.75. The zero-order chi connectivity index (χ0) is 16.3. The van der Waals surface area contributed by atoms with Crippen LogP contribution in [0.25, 0.3) is 0 Å². The summed E-state index contributed by atoms with van der Waals surface area (Å²) in [5.41, 5.74) is 0.676. The molecule has 1 aromatic rings. The largest absolute Gasteiger partial charge is 0.482 e. The second kappa shape index (κ2) is 6.22. The summed E-state index contributed by atoms with van der Waals surface area (Å²) in [5.74, 6) is -0.621. The zero-order valence-electron chi connectivity index (χ0n) is 11.5. The second-order valence-corrected chi connectivity index (χ2v) is 4.61. The highest BCUT2D eigenvalue weighted by molar-refractivity contribution is 5.98. The molecular weight excluding hydrogens is 305 g/mol. The van der Waals surface area contributed by atoms with Gasteiger partial charge in [-0.1, -0.05) is 0 Å². The van der Waals surface area contributed by atoms with Gasteiger partial charge in [-0.05, 0) is 25.1 Å². The third kappa shape index (κ3) is 4.35. The Labute approximate surface area is 123 Å². The molecule has 6 nitrogen and oxygen atoms in total. The number of amides is 2. The average Bonchev–Trinajstić information content (AvgIpc) is 2.43. The van der Waals surface area contributed by atoms with Crippen LogP contribution in [-0.4, -0.2) is 37.3 Å². The lowest BCUT2D eigenvalue weighted by molar-refractivity contribution is -0.184. The Morgan fingerprint density at radius 2 is 2.23 bits per heavy atom. The Balaban J connectivity index is 1.97. The van der Waals surface area contributed by atoms with Crippen molar-refractivity contribution in [1.82, 2.24) is 0 Å². The van der Waals surface area contributed by atoms with Gasteiger partial charge in [0.05, 0.1) is 5.69 Å². The predicted molar refractivity (Wildman–Crippen MR) is 70.7 cm³/mol. The van der Waals surface area contributed by atoms with Crippen LogP contribution in [0.5, 0.6) is 5.75 Å². The summed E-state index contributed by atoms with van der Waals surface area (Å²) in [4.78, 5) is 22.9. The Morgan fingerprint density at radius 1 is 1.50 bits per heavy atom. The van der Waals surface area contributed by atoms with Gasteiger partial charge in [0, 0.05) is 5.69 Å². The zero-order valence-corrected chi connectivity index (χ0v) is 11.5. The predicted octanol–water partition coefficient (Wildman–Crippen LogP) is 1.92. The topological polar surface area (TPSA) is 76.7 Å². The third-order valence-corrected chi connectivity index (χ3v) is 2.75. The molecule has 9 heteroatoms. The summed E-state index contributed by atoms with van der Waals surface area (Å²) in [6.07, 6.45) is -5.77. The maximum absolute atomic E-state index is 12.0. The van der Waals surface area contributed by atoms with Crippen molar-refractivity contribution >= 4 is 23.2 Å². The molecule has 0 fully saturated rings. The van der Waals surface area contributed by atoms with E-state index in [-0.39, 0.29) is 12.5 Å². The molecule has 2 N–H and O–H groups in total. The number of carbonyl (C=O) groups is 2. The van der Waals surface area contributed by atoms with Crippen LogP contribution >= 0.6 is 0 Å². The summed E-state index contributed by atoms with van der Waals surface area (Å²) in [6, 6.07) is 4.48. The van der Waals surface area contributed by atoms with Crippen LogP contribution in [0.1, 0.15) is 6.92 Å². The first kappa shape index (κ1) is 16.1. The molecule has 0 spiro atoms. The van der Waals surface area contributed by atoms with Crippen LogP contribution in [0.15, 0.2) is 18.2 Å². The van der Waals surface area contributed by atoms with Gasteiger partial charge < -0.3 is 20.1 Å². The number of carbonyl (C=O) groups excluding carboxylic acids is 2. The fourth-order valence-corrected chi connectivity index (χ4v) is 1.70. The first-order valence-electron chi connectivity index (χ1n) is 6.30. The molecule has 1 aliphatic rings. The number of ether oxygens (including phenoxy) is 2. The molecule has 0 saturated heterocycles. The number of nitrogens with one attached hydrogen (secondary N) is 2. The monoisotopic (exact) mass is 318 g/mol. The molecule has 0 saturated carbocycles. The molecular formula is C13H13F3N2O4. The van der Waals surface area contributed by atoms with Crippen molar-refractivity contribution in [3.63, 3.8) is 0 Å². The summed E-state index contributed by atoms with van der Waals surface area (Å²) in [5, 5.41) is 4.96. The molecule has 22 heavy (non-hydrogen) atoms. The summed E-state index contributed by atoms with van der Waals surface area (Å²) in [6.45, 7) is -0.388. The molecule has 0 bridgehead atoms. The van der Waals surface area contributed by atoms with E-state index in [4.69, 9.17) is 4.74 Å². The van der Waals surface area contributed by atoms with Crippen molar-refractivity contribution in [2.24, 2.45) is 0 Å². The molecule has 2 amide bonds. The molecule has 1 heterocycles. The highest BCUT2D eigenvalue weighted by Crippen LogP contribution is 2.30. The van der Waals surface area contributed by atoms with E-state index in [2.05, 4.69) is 15.4 Å². The van der Waals surface area contributed by atoms with Crippen LogP contribution < -0.4 is 15.4 Å². The molecule has 1 aliphatic heterocycles. The molecule has 0 aromatic heterocycles. The van der Waals surface area contributed by atoms with Gasteiger partial charge in [0.25, 0.3) is 11.8 Å². The van der Waals surface area contributed by atoms with E-state index in [0.717, 1.165) is 0 Å². The Kier molecular flexibility index (Phi) is 4.55. The molecule has 1 aromatic carbocycles. The van der Waals surface area contributed by atoms with Gasteiger partial charge in [-0.2, -0.15) is 13.2 Å². The van der Waals surface area contributed by atoms with E-state index < -0.39 is 24.8 Å². The molecule has 0 aliphatic carbocycles. The van der Waals surface area contributed by atoms with E-state index >= 15 is 0 Å². The van der Waals surface area contributed by atoms with Gasteiger partial charge in [-0.15, -0.1) is 0 Å². The number of anilines is 2. The van der Waals surface area contributed by atoms with Crippen molar-refractivity contribution in [3.05, 3.63) is 18.2 Å². The number of alkyl halides is 3. The minimum absolute atomic E-state index is 0.0962. The molecule has 0 radical (unpaired) electrons. The molecule has 120 valence electrons. The number of hydrogen-bond donors (Lipinski definition) is 2. The molecule has 1 unspecified atom stereocenters. The number of fused-ring (bicyclic) bond motifs is 1. The fraction of sp³-hybridized carbons (Fsp3) is 0.385. The SMILES string of the molecule is CC(OCC(F)(F)F)C(=O)Nc1ccc2c(c1)NC(=O)CO2. The highest BCUT2D eigenvalue weighted by atomic mass is 19.4. The number of hydrogen-bond acceptors (Lipinski definition) is 4. The van der Waals surface area contributed by atoms with E-state index in [0.29, 0.717) is 17.1 Å². The van der Waals surface area contributed by atoms with Crippen molar-refractivity contribution in [2.45, 2.75) is 19.2 Å². The van der Waals surface area contributed by atoms with Gasteiger partial charge in [0.15, 0.2) is 6.61 Å². The van der Waals surface area contributed by atoms with Crippen LogP contribution in [0.3, 0.4) is 0 Å². The number of rotatable bonds is 4. The smallest absolute Gasteiger partial charge is 0.411 e. The van der Waals surface area contributed by atoms with Crippen LogP contribution in [-0.2, 0) is 14.3 Å². The lowest BCUT2D eigenvalue weighted by Crippen LogP contribution is -2.31. The number of halogens is 3. The van der Waals surface area contributed by atoms with Crippen LogP contribution in [0.4, 0.5) is 24.5 Å². The van der Waals surface area contributed by atoms with Gasteiger partial charge in [0.2, 0.25) is 0 Å². The van der Waals surface area contributed by atoms with Crippen molar-refractivity contribution in [2.75, 3.05) is 23.8 Å². The number of benzene rings is 1. The van der Waals surface area contributed by atoms with E-state index in [1.165, 1.54) is 25.1 Å². The van der Waals surface area contributed by atoms with Gasteiger partial charge in [-0.25, -0.2) is 0 Å². The lowest BCUT2D eigenvalue weighted by Gasteiger charge is -2.19. The normalized spacial score (nSPS) is 15.4. The summed E-state index contributed by atoms with van der Waals surface area (Å²) < 4.78 is 45.6. The standard InChI is InChI=1S/C13H13F3N2O4/c1-7(22-6-13(14,15)16)12(20)17-8-2-3-10-9(4-8)18-11(19)5-21-10/h2-4,7H,5-6H2,1H3,(H,17,20)(H,18,19). The van der Waals surface area contributed by atoms with Crippen molar-refractivity contribution < 1.29 is 32.2 Å². The average molecular weight is 318 g/mol. The quantitative estimate of drug-likeness (QED) is 0.889. The van der Waals surface area contributed by atoms with Gasteiger partial charge in [-0.3, -0.25) is 9.59 Å². The highest BCUT2D eigenvalue weighted by Gasteiger charge is 2.30. The Bertz CT molecular complexity index is 589. The van der Waals surface area contributed by atoms with Crippen LogP contribution in [0, 0.1) is 0 Å². The van der Waals surface area contributed by atoms with Crippen molar-refractivity contribution in [3.8, 4) is 5.75 Å². The lowest BCUT2D eigenvalue weighted by atomic mass is 10.2. The first-order valence-corrected chi connectivity index (χ1v) is 6.30. The van der Waals surface area contributed by atoms with Crippen molar-refractivity contribution in [1.29, 1.82) is 0 Å². The van der Waals surface area contributed by atoms with E-state index in [9.17, 15) is 22.8 Å². The summed E-state index contributed by atoms with van der Waals surface area (Å²) in [7, 11) is 0. The molecule has 2 rings (SSSR count). The molecule has 1 atom stereocenters. The van der Waals surface area contributed by atoms with Crippen LogP contribution in [0.2, 0.25) is 0 Å².